The summed E-state index contributed by atoms with van der Waals surface area (Å²) < 4.78 is 13.2. The number of nitriles is 1. The van der Waals surface area contributed by atoms with Crippen molar-refractivity contribution in [3.8, 4) is 17.2 Å². The highest BCUT2D eigenvalue weighted by molar-refractivity contribution is 6.02. The van der Waals surface area contributed by atoms with Crippen LogP contribution in [0.2, 0.25) is 0 Å². The van der Waals surface area contributed by atoms with Gasteiger partial charge < -0.3 is 4.98 Å². The first-order valence-corrected chi connectivity index (χ1v) is 8.55. The van der Waals surface area contributed by atoms with E-state index in [4.69, 9.17) is 0 Å². The van der Waals surface area contributed by atoms with Crippen molar-refractivity contribution in [1.29, 1.82) is 5.26 Å². The Kier molecular flexibility index (Phi) is 4.27. The molecule has 4 heteroatoms. The molecular weight excluding hydrogens is 337 g/mol. The van der Waals surface area contributed by atoms with Gasteiger partial charge in [0.2, 0.25) is 0 Å². The van der Waals surface area contributed by atoms with Gasteiger partial charge in [-0.1, -0.05) is 18.2 Å². The van der Waals surface area contributed by atoms with E-state index in [9.17, 15) is 9.65 Å². The number of H-pyrrole nitrogens is 1. The summed E-state index contributed by atoms with van der Waals surface area (Å²) in [5, 5.41) is 10.7. The quantitative estimate of drug-likeness (QED) is 0.477. The zero-order valence-electron chi connectivity index (χ0n) is 14.7. The van der Waals surface area contributed by atoms with Crippen molar-refractivity contribution in [2.75, 3.05) is 0 Å². The van der Waals surface area contributed by atoms with Crippen LogP contribution in [0.25, 0.3) is 33.7 Å². The van der Waals surface area contributed by atoms with Crippen molar-refractivity contribution in [3.63, 3.8) is 0 Å². The molecule has 2 aromatic carbocycles. The fraction of sp³-hybridized carbons (Fsp3) is 0.0435. The zero-order valence-corrected chi connectivity index (χ0v) is 14.7. The van der Waals surface area contributed by atoms with Gasteiger partial charge in [0.25, 0.3) is 0 Å². The summed E-state index contributed by atoms with van der Waals surface area (Å²) in [5.74, 6) is -0.261. The first-order chi connectivity index (χ1) is 13.1. The van der Waals surface area contributed by atoms with Gasteiger partial charge in [-0.3, -0.25) is 4.98 Å². The predicted molar refractivity (Wildman–Crippen MR) is 106 cm³/mol. The highest BCUT2D eigenvalue weighted by atomic mass is 19.1. The minimum Gasteiger partial charge on any atom is -0.361 e. The maximum absolute atomic E-state index is 13.2. The molecule has 4 rings (SSSR count). The molecule has 0 saturated heterocycles. The average molecular weight is 353 g/mol. The largest absolute Gasteiger partial charge is 0.361 e. The summed E-state index contributed by atoms with van der Waals surface area (Å²) in [4.78, 5) is 7.40. The van der Waals surface area contributed by atoms with Gasteiger partial charge in [-0.15, -0.1) is 0 Å². The first kappa shape index (κ1) is 16.7. The zero-order chi connectivity index (χ0) is 18.8. The van der Waals surface area contributed by atoms with Crippen molar-refractivity contribution in [2.45, 2.75) is 6.92 Å². The Morgan fingerprint density at radius 1 is 1.07 bits per heavy atom. The number of halogens is 1. The van der Waals surface area contributed by atoms with Gasteiger partial charge in [-0.05, 0) is 65.6 Å². The normalized spacial score (nSPS) is 11.5. The molecule has 1 N–H and O–H groups in total. The summed E-state index contributed by atoms with van der Waals surface area (Å²) in [6.07, 6.45) is 7.21. The Hall–Kier alpha value is -3.71. The number of nitrogens with one attached hydrogen (secondary N) is 1. The van der Waals surface area contributed by atoms with E-state index >= 15 is 0 Å². The van der Waals surface area contributed by atoms with Gasteiger partial charge in [0.05, 0.1) is 11.6 Å². The van der Waals surface area contributed by atoms with Crippen LogP contribution in [0.5, 0.6) is 0 Å². The molecule has 0 fully saturated rings. The van der Waals surface area contributed by atoms with Crippen molar-refractivity contribution in [2.24, 2.45) is 0 Å². The Morgan fingerprint density at radius 3 is 2.59 bits per heavy atom. The third kappa shape index (κ3) is 3.36. The number of hydrogen-bond donors (Lipinski definition) is 1. The molecule has 27 heavy (non-hydrogen) atoms. The van der Waals surface area contributed by atoms with E-state index in [1.807, 2.05) is 43.5 Å². The van der Waals surface area contributed by atoms with Crippen molar-refractivity contribution >= 4 is 22.6 Å². The number of aromatic amines is 1. The van der Waals surface area contributed by atoms with Crippen molar-refractivity contribution in [3.05, 3.63) is 89.6 Å². The number of pyridine rings is 1. The Bertz CT molecular complexity index is 1190. The lowest BCUT2D eigenvalue weighted by molar-refractivity contribution is 0.628. The van der Waals surface area contributed by atoms with Crippen LogP contribution in [-0.4, -0.2) is 9.97 Å². The van der Waals surface area contributed by atoms with Gasteiger partial charge in [0, 0.05) is 35.1 Å². The Morgan fingerprint density at radius 2 is 1.85 bits per heavy atom. The van der Waals surface area contributed by atoms with Gasteiger partial charge in [-0.2, -0.15) is 5.26 Å². The third-order valence-electron chi connectivity index (χ3n) is 4.48. The topological polar surface area (TPSA) is 52.5 Å². The fourth-order valence-corrected chi connectivity index (χ4v) is 3.16. The molecule has 0 unspecified atom stereocenters. The number of aromatic nitrogens is 2. The molecule has 0 saturated carbocycles. The third-order valence-corrected chi connectivity index (χ3v) is 4.48. The van der Waals surface area contributed by atoms with E-state index in [2.05, 4.69) is 16.0 Å². The van der Waals surface area contributed by atoms with Crippen LogP contribution in [0, 0.1) is 24.1 Å². The van der Waals surface area contributed by atoms with Crippen LogP contribution in [0.15, 0.2) is 67.1 Å². The summed E-state index contributed by atoms with van der Waals surface area (Å²) in [7, 11) is 0. The molecule has 0 amide bonds. The first-order valence-electron chi connectivity index (χ1n) is 8.55. The minimum absolute atomic E-state index is 0.261. The minimum atomic E-state index is -0.261. The molecule has 2 heterocycles. The SMILES string of the molecule is Cc1cncc(C=C(C#N)c2c[nH]c3ccc(-c4ccc(F)cc4)cc23)c1. The second-order valence-electron chi connectivity index (χ2n) is 6.44. The molecule has 0 spiro atoms. The lowest BCUT2D eigenvalue weighted by Crippen LogP contribution is -1.84. The molecule has 0 aliphatic rings. The number of hydrogen-bond acceptors (Lipinski definition) is 2. The van der Waals surface area contributed by atoms with E-state index in [0.29, 0.717) is 5.57 Å². The molecule has 0 aliphatic heterocycles. The molecular formula is C23H16FN3. The molecule has 0 bridgehead atoms. The number of nitrogens with zero attached hydrogens (tertiary/aromatic N) is 2. The number of benzene rings is 2. The van der Waals surface area contributed by atoms with Crippen molar-refractivity contribution in [1.82, 2.24) is 9.97 Å². The van der Waals surface area contributed by atoms with Crippen LogP contribution >= 0.6 is 0 Å². The highest BCUT2D eigenvalue weighted by Crippen LogP contribution is 2.30. The maximum Gasteiger partial charge on any atom is 0.123 e. The summed E-state index contributed by atoms with van der Waals surface area (Å²) >= 11 is 0. The molecule has 3 nitrogen and oxygen atoms in total. The summed E-state index contributed by atoms with van der Waals surface area (Å²) in [6, 6.07) is 16.7. The molecule has 0 aliphatic carbocycles. The molecule has 2 aromatic heterocycles. The van der Waals surface area contributed by atoms with Crippen LogP contribution in [0.3, 0.4) is 0 Å². The van der Waals surface area contributed by atoms with E-state index in [-0.39, 0.29) is 5.82 Å². The lowest BCUT2D eigenvalue weighted by atomic mass is 9.99. The fourth-order valence-electron chi connectivity index (χ4n) is 3.16. The van der Waals surface area contributed by atoms with Gasteiger partial charge in [0.15, 0.2) is 0 Å². The van der Waals surface area contributed by atoms with Crippen LogP contribution in [0.4, 0.5) is 4.39 Å². The Labute approximate surface area is 156 Å². The highest BCUT2D eigenvalue weighted by Gasteiger charge is 2.10. The van der Waals surface area contributed by atoms with E-state index in [1.165, 1.54) is 12.1 Å². The van der Waals surface area contributed by atoms with Crippen LogP contribution < -0.4 is 0 Å². The maximum atomic E-state index is 13.2. The Balaban J connectivity index is 1.82. The molecule has 4 aromatic rings. The van der Waals surface area contributed by atoms with Crippen molar-refractivity contribution < 1.29 is 4.39 Å². The second kappa shape index (κ2) is 6.89. The van der Waals surface area contributed by atoms with E-state index < -0.39 is 0 Å². The van der Waals surface area contributed by atoms with Gasteiger partial charge in [0.1, 0.15) is 5.82 Å². The number of rotatable bonds is 3. The average Bonchev–Trinajstić information content (AvgIpc) is 3.10. The van der Waals surface area contributed by atoms with E-state index in [1.54, 1.807) is 24.5 Å². The lowest BCUT2D eigenvalue weighted by Gasteiger charge is -2.04. The number of aryl methyl sites for hydroxylation is 1. The monoisotopic (exact) mass is 353 g/mol. The number of allylic oxidation sites excluding steroid dienone is 1. The smallest absolute Gasteiger partial charge is 0.123 e. The molecule has 130 valence electrons. The van der Waals surface area contributed by atoms with Crippen LogP contribution in [-0.2, 0) is 0 Å². The summed E-state index contributed by atoms with van der Waals surface area (Å²) in [6.45, 7) is 1.97. The molecule has 0 radical (unpaired) electrons. The van der Waals surface area contributed by atoms with E-state index in [0.717, 1.165) is 38.7 Å². The molecule has 0 atom stereocenters. The number of fused-ring (bicyclic) bond motifs is 1. The predicted octanol–water partition coefficient (Wildman–Crippen LogP) is 5.74. The second-order valence-corrected chi connectivity index (χ2v) is 6.44. The van der Waals surface area contributed by atoms with Gasteiger partial charge >= 0.3 is 0 Å². The van der Waals surface area contributed by atoms with Crippen LogP contribution in [0.1, 0.15) is 16.7 Å². The summed E-state index contributed by atoms with van der Waals surface area (Å²) in [5.41, 5.74) is 6.16. The van der Waals surface area contributed by atoms with Gasteiger partial charge in [-0.25, -0.2) is 4.39 Å². The standard InChI is InChI=1S/C23H16FN3/c1-15-8-16(13-26-12-15)9-19(11-25)22-14-27-23-7-4-18(10-21(22)23)17-2-5-20(24)6-3-17/h2-10,12-14,27H,1H3.